The van der Waals surface area contributed by atoms with Crippen molar-refractivity contribution in [3.8, 4) is 0 Å². The van der Waals surface area contributed by atoms with Crippen LogP contribution in [0.2, 0.25) is 0 Å². The van der Waals surface area contributed by atoms with Crippen LogP contribution < -0.4 is 5.73 Å². The third-order valence-corrected chi connectivity index (χ3v) is 2.14. The summed E-state index contributed by atoms with van der Waals surface area (Å²) in [5, 5.41) is 1.09. The van der Waals surface area contributed by atoms with Crippen molar-refractivity contribution in [3.63, 3.8) is 0 Å². The molecule has 0 atom stereocenters. The molecule has 3 heteroatoms. The quantitative estimate of drug-likeness (QED) is 0.783. The first-order valence-corrected chi connectivity index (χ1v) is 4.44. The van der Waals surface area contributed by atoms with Gasteiger partial charge in [0.25, 0.3) is 0 Å². The molecule has 0 aliphatic rings. The SMILES string of the molecule is COCc1cc2ccccc2nc1N. The van der Waals surface area contributed by atoms with Crippen molar-refractivity contribution in [1.29, 1.82) is 0 Å². The third kappa shape index (κ3) is 1.54. The average molecular weight is 188 g/mol. The number of para-hydroxylation sites is 1. The lowest BCUT2D eigenvalue weighted by Crippen LogP contribution is -1.99. The highest BCUT2D eigenvalue weighted by molar-refractivity contribution is 5.81. The van der Waals surface area contributed by atoms with E-state index in [9.17, 15) is 0 Å². The van der Waals surface area contributed by atoms with Crippen LogP contribution in [-0.2, 0) is 11.3 Å². The molecule has 1 aromatic carbocycles. The summed E-state index contributed by atoms with van der Waals surface area (Å²) in [6.45, 7) is 0.504. The van der Waals surface area contributed by atoms with Crippen LogP contribution in [0.3, 0.4) is 0 Å². The van der Waals surface area contributed by atoms with Crippen LogP contribution in [0.5, 0.6) is 0 Å². The Balaban J connectivity index is 2.59. The van der Waals surface area contributed by atoms with Gasteiger partial charge in [-0.2, -0.15) is 0 Å². The summed E-state index contributed by atoms with van der Waals surface area (Å²) < 4.78 is 5.04. The van der Waals surface area contributed by atoms with Crippen LogP contribution in [0.25, 0.3) is 10.9 Å². The van der Waals surface area contributed by atoms with Gasteiger partial charge in [-0.05, 0) is 12.1 Å². The Morgan fingerprint density at radius 1 is 1.36 bits per heavy atom. The van der Waals surface area contributed by atoms with Crippen LogP contribution in [0.4, 0.5) is 5.82 Å². The van der Waals surface area contributed by atoms with E-state index in [4.69, 9.17) is 10.5 Å². The molecule has 0 aliphatic heterocycles. The van der Waals surface area contributed by atoms with Gasteiger partial charge in [-0.25, -0.2) is 4.98 Å². The van der Waals surface area contributed by atoms with Gasteiger partial charge in [-0.15, -0.1) is 0 Å². The topological polar surface area (TPSA) is 48.1 Å². The molecule has 1 heterocycles. The van der Waals surface area contributed by atoms with Gasteiger partial charge in [-0.1, -0.05) is 18.2 Å². The number of ether oxygens (including phenoxy) is 1. The molecule has 0 bridgehead atoms. The zero-order valence-electron chi connectivity index (χ0n) is 8.03. The number of rotatable bonds is 2. The van der Waals surface area contributed by atoms with E-state index in [0.717, 1.165) is 16.5 Å². The predicted octanol–water partition coefficient (Wildman–Crippen LogP) is 1.96. The molecule has 2 rings (SSSR count). The Kier molecular flexibility index (Phi) is 2.33. The van der Waals surface area contributed by atoms with E-state index in [1.54, 1.807) is 7.11 Å². The molecule has 2 N–H and O–H groups in total. The number of fused-ring (bicyclic) bond motifs is 1. The number of nitrogens with two attached hydrogens (primary N) is 1. The molecule has 0 amide bonds. The van der Waals surface area contributed by atoms with E-state index >= 15 is 0 Å². The lowest BCUT2D eigenvalue weighted by molar-refractivity contribution is 0.185. The first-order chi connectivity index (χ1) is 6.81. The van der Waals surface area contributed by atoms with Crippen LogP contribution in [0.15, 0.2) is 30.3 Å². The summed E-state index contributed by atoms with van der Waals surface area (Å²) in [5.74, 6) is 0.547. The number of nitrogen functional groups attached to an aromatic ring is 1. The van der Waals surface area contributed by atoms with E-state index in [0.29, 0.717) is 12.4 Å². The van der Waals surface area contributed by atoms with E-state index in [1.807, 2.05) is 30.3 Å². The maximum atomic E-state index is 5.78. The summed E-state index contributed by atoms with van der Waals surface area (Å²) in [5.41, 5.74) is 7.64. The largest absolute Gasteiger partial charge is 0.383 e. The lowest BCUT2D eigenvalue weighted by Gasteiger charge is -2.05. The summed E-state index contributed by atoms with van der Waals surface area (Å²) >= 11 is 0. The molecule has 0 fully saturated rings. The molecule has 1 aromatic heterocycles. The second kappa shape index (κ2) is 3.64. The van der Waals surface area contributed by atoms with Gasteiger partial charge in [0.2, 0.25) is 0 Å². The maximum Gasteiger partial charge on any atom is 0.129 e. The highest BCUT2D eigenvalue weighted by Crippen LogP contribution is 2.18. The third-order valence-electron chi connectivity index (χ3n) is 2.14. The summed E-state index contributed by atoms with van der Waals surface area (Å²) in [6.07, 6.45) is 0. The minimum Gasteiger partial charge on any atom is -0.383 e. The van der Waals surface area contributed by atoms with E-state index in [-0.39, 0.29) is 0 Å². The molecule has 14 heavy (non-hydrogen) atoms. The molecule has 3 nitrogen and oxygen atoms in total. The number of methoxy groups -OCH3 is 1. The van der Waals surface area contributed by atoms with Crippen molar-refractivity contribution < 1.29 is 4.74 Å². The molecule has 0 aliphatic carbocycles. The number of hydrogen-bond donors (Lipinski definition) is 1. The molecule has 0 spiro atoms. The van der Waals surface area contributed by atoms with Crippen LogP contribution in [0.1, 0.15) is 5.56 Å². The van der Waals surface area contributed by atoms with E-state index in [2.05, 4.69) is 4.98 Å². The van der Waals surface area contributed by atoms with Crippen LogP contribution >= 0.6 is 0 Å². The van der Waals surface area contributed by atoms with Gasteiger partial charge in [0.1, 0.15) is 5.82 Å². The number of pyridine rings is 1. The summed E-state index contributed by atoms with van der Waals surface area (Å²) in [6, 6.07) is 9.91. The van der Waals surface area contributed by atoms with Gasteiger partial charge in [-0.3, -0.25) is 0 Å². The van der Waals surface area contributed by atoms with Gasteiger partial charge in [0.15, 0.2) is 0 Å². The zero-order valence-corrected chi connectivity index (χ0v) is 8.03. The van der Waals surface area contributed by atoms with Crippen LogP contribution in [-0.4, -0.2) is 12.1 Å². The van der Waals surface area contributed by atoms with Gasteiger partial charge in [0, 0.05) is 18.1 Å². The first-order valence-electron chi connectivity index (χ1n) is 4.44. The first kappa shape index (κ1) is 8.97. The molecular formula is C11H12N2O. The van der Waals surface area contributed by atoms with Crippen LogP contribution in [0, 0.1) is 0 Å². The summed E-state index contributed by atoms with van der Waals surface area (Å²) in [4.78, 5) is 4.29. The second-order valence-electron chi connectivity index (χ2n) is 3.16. The number of aromatic nitrogens is 1. The Bertz CT molecular complexity index is 454. The second-order valence-corrected chi connectivity index (χ2v) is 3.16. The number of anilines is 1. The molecule has 0 unspecified atom stereocenters. The Labute approximate surface area is 82.5 Å². The maximum absolute atomic E-state index is 5.78. The van der Waals surface area contributed by atoms with Crippen molar-refractivity contribution in [2.75, 3.05) is 12.8 Å². The van der Waals surface area contributed by atoms with Gasteiger partial charge in [0.05, 0.1) is 12.1 Å². The van der Waals surface area contributed by atoms with Crippen molar-refractivity contribution in [3.05, 3.63) is 35.9 Å². The normalized spacial score (nSPS) is 10.6. The molecule has 0 radical (unpaired) electrons. The van der Waals surface area contributed by atoms with Crippen molar-refractivity contribution in [2.24, 2.45) is 0 Å². The number of nitrogens with zero attached hydrogens (tertiary/aromatic N) is 1. The average Bonchev–Trinajstić information content (AvgIpc) is 2.19. The zero-order chi connectivity index (χ0) is 9.97. The van der Waals surface area contributed by atoms with Gasteiger partial charge >= 0.3 is 0 Å². The molecule has 0 saturated heterocycles. The fraction of sp³-hybridized carbons (Fsp3) is 0.182. The summed E-state index contributed by atoms with van der Waals surface area (Å²) in [7, 11) is 1.65. The number of hydrogen-bond acceptors (Lipinski definition) is 3. The monoisotopic (exact) mass is 188 g/mol. The van der Waals surface area contributed by atoms with E-state index in [1.165, 1.54) is 0 Å². The van der Waals surface area contributed by atoms with Gasteiger partial charge < -0.3 is 10.5 Å². The molecule has 72 valence electrons. The standard InChI is InChI=1S/C11H12N2O/c1-14-7-9-6-8-4-2-3-5-10(8)13-11(9)12/h2-6H,7H2,1H3,(H2,12,13). The lowest BCUT2D eigenvalue weighted by atomic mass is 10.1. The fourth-order valence-electron chi connectivity index (χ4n) is 1.45. The fourth-order valence-corrected chi connectivity index (χ4v) is 1.45. The molecular weight excluding hydrogens is 176 g/mol. The van der Waals surface area contributed by atoms with Crippen molar-refractivity contribution in [1.82, 2.24) is 4.98 Å². The molecule has 0 saturated carbocycles. The smallest absolute Gasteiger partial charge is 0.129 e. The van der Waals surface area contributed by atoms with E-state index < -0.39 is 0 Å². The Morgan fingerprint density at radius 2 is 2.14 bits per heavy atom. The molecule has 2 aromatic rings. The Morgan fingerprint density at radius 3 is 2.93 bits per heavy atom. The minimum absolute atomic E-state index is 0.504. The minimum atomic E-state index is 0.504. The predicted molar refractivity (Wildman–Crippen MR) is 56.9 cm³/mol. The Hall–Kier alpha value is -1.61. The number of benzene rings is 1. The highest BCUT2D eigenvalue weighted by Gasteiger charge is 2.02. The highest BCUT2D eigenvalue weighted by atomic mass is 16.5. The van der Waals surface area contributed by atoms with Crippen molar-refractivity contribution >= 4 is 16.7 Å². The van der Waals surface area contributed by atoms with Crippen molar-refractivity contribution in [2.45, 2.75) is 6.61 Å².